The third-order valence-electron chi connectivity index (χ3n) is 4.95. The van der Waals surface area contributed by atoms with E-state index in [0.717, 1.165) is 29.0 Å². The van der Waals surface area contributed by atoms with Crippen LogP contribution in [0.15, 0.2) is 36.4 Å². The first-order chi connectivity index (χ1) is 12.6. The predicted octanol–water partition coefficient (Wildman–Crippen LogP) is 2.70. The number of rotatable bonds is 5. The second-order valence-corrected chi connectivity index (χ2v) is 6.60. The van der Waals surface area contributed by atoms with Crippen LogP contribution in [0.5, 0.6) is 23.0 Å². The van der Waals surface area contributed by atoms with Gasteiger partial charge in [0.1, 0.15) is 0 Å². The van der Waals surface area contributed by atoms with Crippen molar-refractivity contribution in [3.8, 4) is 23.0 Å². The van der Waals surface area contributed by atoms with Gasteiger partial charge in [-0.3, -0.25) is 4.79 Å². The molecule has 2 aliphatic heterocycles. The summed E-state index contributed by atoms with van der Waals surface area (Å²) in [7, 11) is 1.50. The van der Waals surface area contributed by atoms with Crippen molar-refractivity contribution in [1.82, 2.24) is 0 Å². The Kier molecular flexibility index (Phi) is 4.32. The fraction of sp³-hybridized carbons (Fsp3) is 0.350. The second kappa shape index (κ2) is 6.78. The maximum Gasteiger partial charge on any atom is 0.309 e. The van der Waals surface area contributed by atoms with Gasteiger partial charge in [-0.1, -0.05) is 12.1 Å². The number of hydrogen-bond donors (Lipinski definition) is 1. The number of benzene rings is 2. The molecular weight excluding hydrogens is 336 g/mol. The summed E-state index contributed by atoms with van der Waals surface area (Å²) in [4.78, 5) is 12.2. The molecule has 0 bridgehead atoms. The van der Waals surface area contributed by atoms with E-state index >= 15 is 0 Å². The number of phenolic OH excluding ortho intramolecular Hbond substituents is 1. The highest BCUT2D eigenvalue weighted by Crippen LogP contribution is 2.36. The molecule has 0 amide bonds. The molecule has 0 radical (unpaired) electrons. The molecule has 1 saturated heterocycles. The van der Waals surface area contributed by atoms with Gasteiger partial charge < -0.3 is 24.1 Å². The minimum absolute atomic E-state index is 0.0729. The topological polar surface area (TPSA) is 74.2 Å². The smallest absolute Gasteiger partial charge is 0.309 e. The van der Waals surface area contributed by atoms with Crippen LogP contribution in [-0.2, 0) is 22.4 Å². The van der Waals surface area contributed by atoms with Gasteiger partial charge in [0.2, 0.25) is 6.79 Å². The Morgan fingerprint density at radius 1 is 1.04 bits per heavy atom. The van der Waals surface area contributed by atoms with E-state index in [4.69, 9.17) is 18.9 Å². The Labute approximate surface area is 151 Å². The highest BCUT2D eigenvalue weighted by atomic mass is 16.7. The molecule has 2 aromatic carbocycles. The van der Waals surface area contributed by atoms with E-state index in [1.165, 1.54) is 7.11 Å². The van der Waals surface area contributed by atoms with Gasteiger partial charge in [0, 0.05) is 5.92 Å². The predicted molar refractivity (Wildman–Crippen MR) is 92.6 cm³/mol. The van der Waals surface area contributed by atoms with E-state index in [9.17, 15) is 9.90 Å². The van der Waals surface area contributed by atoms with E-state index in [1.54, 1.807) is 12.1 Å². The summed E-state index contributed by atoms with van der Waals surface area (Å²) < 4.78 is 21.1. The molecule has 4 rings (SSSR count). The number of phenols is 1. The molecule has 2 heterocycles. The Morgan fingerprint density at radius 3 is 2.62 bits per heavy atom. The van der Waals surface area contributed by atoms with Crippen molar-refractivity contribution in [2.45, 2.75) is 12.8 Å². The van der Waals surface area contributed by atoms with Gasteiger partial charge in [-0.2, -0.15) is 0 Å². The minimum Gasteiger partial charge on any atom is -0.504 e. The molecule has 0 aromatic heterocycles. The molecule has 0 aliphatic carbocycles. The van der Waals surface area contributed by atoms with Crippen LogP contribution < -0.4 is 14.2 Å². The fourth-order valence-electron chi connectivity index (χ4n) is 3.54. The summed E-state index contributed by atoms with van der Waals surface area (Å²) >= 11 is 0. The van der Waals surface area contributed by atoms with E-state index < -0.39 is 0 Å². The SMILES string of the molecule is COc1ccc(C[C@H]2C(=O)OC[C@@H]2Cc2ccc3c(c2)OCO3)cc1O. The van der Waals surface area contributed by atoms with E-state index in [0.29, 0.717) is 18.8 Å². The number of cyclic esters (lactones) is 1. The van der Waals surface area contributed by atoms with Crippen molar-refractivity contribution in [3.63, 3.8) is 0 Å². The van der Waals surface area contributed by atoms with Gasteiger partial charge in [-0.15, -0.1) is 0 Å². The largest absolute Gasteiger partial charge is 0.504 e. The van der Waals surface area contributed by atoms with Crippen molar-refractivity contribution in [3.05, 3.63) is 47.5 Å². The molecule has 2 aromatic rings. The lowest BCUT2D eigenvalue weighted by Crippen LogP contribution is -2.20. The van der Waals surface area contributed by atoms with Gasteiger partial charge in [0.25, 0.3) is 0 Å². The number of methoxy groups -OCH3 is 1. The molecule has 1 fully saturated rings. The Bertz CT molecular complexity index is 831. The van der Waals surface area contributed by atoms with E-state index in [2.05, 4.69) is 0 Å². The Balaban J connectivity index is 1.49. The zero-order valence-electron chi connectivity index (χ0n) is 14.4. The molecule has 6 heteroatoms. The molecule has 2 atom stereocenters. The molecule has 2 aliphatic rings. The third-order valence-corrected chi connectivity index (χ3v) is 4.95. The first-order valence-corrected chi connectivity index (χ1v) is 8.55. The van der Waals surface area contributed by atoms with Crippen LogP contribution in [-0.4, -0.2) is 31.6 Å². The zero-order chi connectivity index (χ0) is 18.1. The van der Waals surface area contributed by atoms with Gasteiger partial charge in [-0.25, -0.2) is 0 Å². The zero-order valence-corrected chi connectivity index (χ0v) is 14.4. The third kappa shape index (κ3) is 3.14. The number of hydrogen-bond acceptors (Lipinski definition) is 6. The van der Waals surface area contributed by atoms with Crippen molar-refractivity contribution < 1.29 is 28.8 Å². The van der Waals surface area contributed by atoms with E-state index in [1.807, 2.05) is 24.3 Å². The number of carbonyl (C=O) groups is 1. The quantitative estimate of drug-likeness (QED) is 0.831. The van der Waals surface area contributed by atoms with Gasteiger partial charge in [0.05, 0.1) is 19.6 Å². The van der Waals surface area contributed by atoms with Crippen LogP contribution in [0.1, 0.15) is 11.1 Å². The van der Waals surface area contributed by atoms with Gasteiger partial charge in [-0.05, 0) is 48.2 Å². The van der Waals surface area contributed by atoms with Gasteiger partial charge >= 0.3 is 5.97 Å². The van der Waals surface area contributed by atoms with Crippen molar-refractivity contribution in [2.24, 2.45) is 11.8 Å². The molecule has 136 valence electrons. The summed E-state index contributed by atoms with van der Waals surface area (Å²) in [5.74, 6) is 1.62. The lowest BCUT2D eigenvalue weighted by molar-refractivity contribution is -0.141. The lowest BCUT2D eigenvalue weighted by atomic mass is 9.85. The first kappa shape index (κ1) is 16.6. The average Bonchev–Trinajstić information content (AvgIpc) is 3.23. The van der Waals surface area contributed by atoms with Crippen LogP contribution in [0.4, 0.5) is 0 Å². The molecule has 0 unspecified atom stereocenters. The number of aromatic hydroxyl groups is 1. The van der Waals surface area contributed by atoms with Gasteiger partial charge in [0.15, 0.2) is 23.0 Å². The van der Waals surface area contributed by atoms with Crippen LogP contribution in [0.2, 0.25) is 0 Å². The van der Waals surface area contributed by atoms with Crippen LogP contribution in [0.3, 0.4) is 0 Å². The summed E-state index contributed by atoms with van der Waals surface area (Å²) in [5.41, 5.74) is 1.96. The first-order valence-electron chi connectivity index (χ1n) is 8.55. The Morgan fingerprint density at radius 2 is 1.81 bits per heavy atom. The number of esters is 1. The highest BCUT2D eigenvalue weighted by molar-refractivity contribution is 5.75. The minimum atomic E-state index is -0.242. The molecular formula is C20H20O6. The van der Waals surface area contributed by atoms with Crippen molar-refractivity contribution in [2.75, 3.05) is 20.5 Å². The second-order valence-electron chi connectivity index (χ2n) is 6.60. The maximum absolute atomic E-state index is 12.2. The summed E-state index contributed by atoms with van der Waals surface area (Å²) in [5, 5.41) is 9.95. The average molecular weight is 356 g/mol. The van der Waals surface area contributed by atoms with Crippen LogP contribution in [0, 0.1) is 11.8 Å². The Hall–Kier alpha value is -2.89. The van der Waals surface area contributed by atoms with Crippen LogP contribution >= 0.6 is 0 Å². The number of fused-ring (bicyclic) bond motifs is 1. The molecule has 6 nitrogen and oxygen atoms in total. The van der Waals surface area contributed by atoms with Crippen LogP contribution in [0.25, 0.3) is 0 Å². The molecule has 1 N–H and O–H groups in total. The standard InChI is InChI=1S/C20H20O6/c1-23-17-4-2-13(8-16(17)21)7-15-14(10-24-20(15)22)6-12-3-5-18-19(9-12)26-11-25-18/h2-5,8-9,14-15,21H,6-7,10-11H2,1H3/t14-,15+/m0/s1. The number of carbonyl (C=O) groups excluding carboxylic acids is 1. The highest BCUT2D eigenvalue weighted by Gasteiger charge is 2.37. The lowest BCUT2D eigenvalue weighted by Gasteiger charge is -2.16. The molecule has 0 saturated carbocycles. The normalized spacial score (nSPS) is 20.9. The van der Waals surface area contributed by atoms with Crippen molar-refractivity contribution >= 4 is 5.97 Å². The fourth-order valence-corrected chi connectivity index (χ4v) is 3.54. The molecule has 0 spiro atoms. The van der Waals surface area contributed by atoms with E-state index in [-0.39, 0.29) is 30.3 Å². The monoisotopic (exact) mass is 356 g/mol. The summed E-state index contributed by atoms with van der Waals surface area (Å²) in [6, 6.07) is 11.1. The summed E-state index contributed by atoms with van der Waals surface area (Å²) in [6.45, 7) is 0.646. The summed E-state index contributed by atoms with van der Waals surface area (Å²) in [6.07, 6.45) is 1.24. The van der Waals surface area contributed by atoms with Crippen molar-refractivity contribution in [1.29, 1.82) is 0 Å². The number of ether oxygens (including phenoxy) is 4. The molecule has 26 heavy (non-hydrogen) atoms. The maximum atomic E-state index is 12.2.